The molecule has 0 saturated carbocycles. The SMILES string of the molecule is CCCOc1ccc(/C=N\Nc2cc(Cl)nc(-c3ccccc3)n2)c(O)c1. The molecule has 0 amide bonds. The number of hydrazone groups is 1. The molecule has 0 aliphatic heterocycles. The molecule has 0 atom stereocenters. The molecule has 0 saturated heterocycles. The number of aromatic nitrogens is 2. The summed E-state index contributed by atoms with van der Waals surface area (Å²) in [6.45, 7) is 2.63. The zero-order chi connectivity index (χ0) is 19.1. The lowest BCUT2D eigenvalue weighted by Crippen LogP contribution is -1.98. The van der Waals surface area contributed by atoms with Crippen molar-refractivity contribution in [2.45, 2.75) is 13.3 Å². The molecule has 27 heavy (non-hydrogen) atoms. The van der Waals surface area contributed by atoms with Crippen LogP contribution in [0, 0.1) is 0 Å². The Morgan fingerprint density at radius 3 is 2.70 bits per heavy atom. The van der Waals surface area contributed by atoms with Gasteiger partial charge in [0.05, 0.1) is 12.8 Å². The first-order chi connectivity index (χ1) is 13.2. The topological polar surface area (TPSA) is 79.6 Å². The minimum Gasteiger partial charge on any atom is -0.507 e. The predicted octanol–water partition coefficient (Wildman–Crippen LogP) is 4.74. The van der Waals surface area contributed by atoms with E-state index < -0.39 is 0 Å². The van der Waals surface area contributed by atoms with Crippen LogP contribution in [0.1, 0.15) is 18.9 Å². The molecule has 0 aliphatic carbocycles. The average molecular weight is 383 g/mol. The maximum atomic E-state index is 10.1. The van der Waals surface area contributed by atoms with Crippen molar-refractivity contribution >= 4 is 23.6 Å². The molecule has 3 aromatic rings. The van der Waals surface area contributed by atoms with Crippen molar-refractivity contribution in [3.05, 3.63) is 65.3 Å². The van der Waals surface area contributed by atoms with Crippen molar-refractivity contribution < 1.29 is 9.84 Å². The molecule has 0 fully saturated rings. The molecule has 0 unspecified atom stereocenters. The number of halogens is 1. The highest BCUT2D eigenvalue weighted by Crippen LogP contribution is 2.23. The van der Waals surface area contributed by atoms with Crippen LogP contribution in [0.3, 0.4) is 0 Å². The number of nitrogens with zero attached hydrogens (tertiary/aromatic N) is 3. The Hall–Kier alpha value is -3.12. The average Bonchev–Trinajstić information content (AvgIpc) is 2.68. The van der Waals surface area contributed by atoms with Gasteiger partial charge in [-0.25, -0.2) is 9.97 Å². The lowest BCUT2D eigenvalue weighted by Gasteiger charge is -2.06. The van der Waals surface area contributed by atoms with Gasteiger partial charge in [-0.2, -0.15) is 5.10 Å². The van der Waals surface area contributed by atoms with Crippen LogP contribution in [-0.2, 0) is 0 Å². The van der Waals surface area contributed by atoms with Crippen LogP contribution in [0.4, 0.5) is 5.82 Å². The van der Waals surface area contributed by atoms with Gasteiger partial charge in [0.25, 0.3) is 0 Å². The Labute approximate surface area is 162 Å². The van der Waals surface area contributed by atoms with Crippen molar-refractivity contribution in [2.75, 3.05) is 12.0 Å². The third kappa shape index (κ3) is 5.18. The van der Waals surface area contributed by atoms with Crippen LogP contribution in [-0.4, -0.2) is 27.9 Å². The Morgan fingerprint density at radius 1 is 1.15 bits per heavy atom. The van der Waals surface area contributed by atoms with Gasteiger partial charge in [0.1, 0.15) is 16.7 Å². The molecule has 1 heterocycles. The van der Waals surface area contributed by atoms with Crippen LogP contribution in [0.2, 0.25) is 5.15 Å². The Morgan fingerprint density at radius 2 is 1.96 bits per heavy atom. The molecule has 6 nitrogen and oxygen atoms in total. The Kier molecular flexibility index (Phi) is 6.22. The number of rotatable bonds is 7. The molecule has 2 aromatic carbocycles. The molecule has 0 spiro atoms. The van der Waals surface area contributed by atoms with Gasteiger partial charge in [-0.1, -0.05) is 48.9 Å². The first-order valence-corrected chi connectivity index (χ1v) is 8.88. The van der Waals surface area contributed by atoms with Gasteiger partial charge in [-0.05, 0) is 18.6 Å². The fourth-order valence-corrected chi connectivity index (χ4v) is 2.48. The van der Waals surface area contributed by atoms with Crippen LogP contribution in [0.15, 0.2) is 59.7 Å². The number of anilines is 1. The molecule has 3 rings (SSSR count). The van der Waals surface area contributed by atoms with E-state index in [0.29, 0.717) is 34.7 Å². The first kappa shape index (κ1) is 18.7. The number of hydrogen-bond acceptors (Lipinski definition) is 6. The second-order valence-electron chi connectivity index (χ2n) is 5.70. The summed E-state index contributed by atoms with van der Waals surface area (Å²) in [7, 11) is 0. The predicted molar refractivity (Wildman–Crippen MR) is 108 cm³/mol. The molecule has 138 valence electrons. The maximum Gasteiger partial charge on any atom is 0.163 e. The van der Waals surface area contributed by atoms with E-state index in [1.165, 1.54) is 6.21 Å². The van der Waals surface area contributed by atoms with Crippen LogP contribution in [0.5, 0.6) is 11.5 Å². The third-order valence-electron chi connectivity index (χ3n) is 3.58. The molecule has 0 aliphatic rings. The van der Waals surface area contributed by atoms with Crippen molar-refractivity contribution in [3.63, 3.8) is 0 Å². The zero-order valence-electron chi connectivity index (χ0n) is 14.8. The second kappa shape index (κ2) is 9.00. The summed E-state index contributed by atoms with van der Waals surface area (Å²) in [4.78, 5) is 8.63. The minimum atomic E-state index is 0.0832. The molecule has 2 N–H and O–H groups in total. The van der Waals surface area contributed by atoms with Crippen molar-refractivity contribution in [1.29, 1.82) is 0 Å². The lowest BCUT2D eigenvalue weighted by atomic mass is 10.2. The lowest BCUT2D eigenvalue weighted by molar-refractivity contribution is 0.315. The summed E-state index contributed by atoms with van der Waals surface area (Å²) >= 11 is 6.08. The Balaban J connectivity index is 1.72. The number of ether oxygens (including phenoxy) is 1. The molecule has 0 radical (unpaired) electrons. The number of benzene rings is 2. The smallest absolute Gasteiger partial charge is 0.163 e. The van der Waals surface area contributed by atoms with Gasteiger partial charge < -0.3 is 9.84 Å². The maximum absolute atomic E-state index is 10.1. The fraction of sp³-hybridized carbons (Fsp3) is 0.150. The van der Waals surface area contributed by atoms with E-state index in [1.54, 1.807) is 24.3 Å². The zero-order valence-corrected chi connectivity index (χ0v) is 15.5. The summed E-state index contributed by atoms with van der Waals surface area (Å²) in [5.41, 5.74) is 4.22. The number of aromatic hydroxyl groups is 1. The van der Waals surface area contributed by atoms with E-state index in [2.05, 4.69) is 20.5 Å². The van der Waals surface area contributed by atoms with Gasteiger partial charge in [0, 0.05) is 23.3 Å². The van der Waals surface area contributed by atoms with E-state index in [1.807, 2.05) is 37.3 Å². The molecule has 0 bridgehead atoms. The third-order valence-corrected chi connectivity index (χ3v) is 3.78. The minimum absolute atomic E-state index is 0.0832. The summed E-state index contributed by atoms with van der Waals surface area (Å²) < 4.78 is 5.48. The van der Waals surface area contributed by atoms with Gasteiger partial charge in [-0.15, -0.1) is 0 Å². The van der Waals surface area contributed by atoms with Crippen molar-refractivity contribution in [3.8, 4) is 22.9 Å². The number of phenols is 1. The summed E-state index contributed by atoms with van der Waals surface area (Å²) in [5.74, 6) is 1.66. The first-order valence-electron chi connectivity index (χ1n) is 8.50. The molecular weight excluding hydrogens is 364 g/mol. The second-order valence-corrected chi connectivity index (χ2v) is 6.09. The van der Waals surface area contributed by atoms with E-state index in [4.69, 9.17) is 16.3 Å². The molecular formula is C20H19ClN4O2. The summed E-state index contributed by atoms with van der Waals surface area (Å²) in [5, 5.41) is 14.5. The molecule has 1 aromatic heterocycles. The van der Waals surface area contributed by atoms with E-state index in [-0.39, 0.29) is 5.75 Å². The van der Waals surface area contributed by atoms with Gasteiger partial charge in [-0.3, -0.25) is 5.43 Å². The van der Waals surface area contributed by atoms with Gasteiger partial charge >= 0.3 is 0 Å². The Bertz CT molecular complexity index is 933. The summed E-state index contributed by atoms with van der Waals surface area (Å²) in [6.07, 6.45) is 2.40. The largest absolute Gasteiger partial charge is 0.507 e. The highest BCUT2D eigenvalue weighted by atomic mass is 35.5. The van der Waals surface area contributed by atoms with Gasteiger partial charge in [0.2, 0.25) is 0 Å². The highest BCUT2D eigenvalue weighted by Gasteiger charge is 2.05. The monoisotopic (exact) mass is 382 g/mol. The van der Waals surface area contributed by atoms with Crippen LogP contribution >= 0.6 is 11.6 Å². The number of phenolic OH excluding ortho intramolecular Hbond substituents is 1. The summed E-state index contributed by atoms with van der Waals surface area (Å²) in [6, 6.07) is 16.2. The van der Waals surface area contributed by atoms with E-state index >= 15 is 0 Å². The van der Waals surface area contributed by atoms with Crippen LogP contribution < -0.4 is 10.2 Å². The van der Waals surface area contributed by atoms with Crippen molar-refractivity contribution in [1.82, 2.24) is 9.97 Å². The highest BCUT2D eigenvalue weighted by molar-refractivity contribution is 6.29. The quantitative estimate of drug-likeness (QED) is 0.350. The van der Waals surface area contributed by atoms with E-state index in [0.717, 1.165) is 12.0 Å². The van der Waals surface area contributed by atoms with Crippen LogP contribution in [0.25, 0.3) is 11.4 Å². The fourth-order valence-electron chi connectivity index (χ4n) is 2.30. The number of nitrogens with one attached hydrogen (secondary N) is 1. The van der Waals surface area contributed by atoms with E-state index in [9.17, 15) is 5.11 Å². The number of hydrogen-bond donors (Lipinski definition) is 2. The normalized spacial score (nSPS) is 10.9. The van der Waals surface area contributed by atoms with Crippen molar-refractivity contribution in [2.24, 2.45) is 5.10 Å². The molecule has 7 heteroatoms. The standard InChI is InChI=1S/C20H19ClN4O2/c1-2-10-27-16-9-8-15(17(26)11-16)13-22-25-19-12-18(21)23-20(24-19)14-6-4-3-5-7-14/h3-9,11-13,26H,2,10H2,1H3,(H,23,24,25)/b22-13-. The van der Waals surface area contributed by atoms with Gasteiger partial charge in [0.15, 0.2) is 11.6 Å².